The van der Waals surface area contributed by atoms with E-state index in [2.05, 4.69) is 26.8 Å². The molecule has 1 N–H and O–H groups in total. The number of para-hydroxylation sites is 3. The molecule has 0 bridgehead atoms. The third kappa shape index (κ3) is 3.08. The first-order valence-electron chi connectivity index (χ1n) is 6.64. The molecule has 0 radical (unpaired) electrons. The van der Waals surface area contributed by atoms with Crippen molar-refractivity contribution in [2.24, 2.45) is 5.92 Å². The van der Waals surface area contributed by atoms with Crippen molar-refractivity contribution in [1.29, 1.82) is 0 Å². The van der Waals surface area contributed by atoms with E-state index in [9.17, 15) is 5.11 Å². The molecular formula is C17H20O2. The van der Waals surface area contributed by atoms with Gasteiger partial charge in [0.25, 0.3) is 0 Å². The standard InChI is InChI=1S/C17H20O2/c1-12(2)13(3)14-8-4-6-10-16(14)19-17-11-7-5-9-15(17)18/h4-13,18H,1-3H3. The zero-order valence-electron chi connectivity index (χ0n) is 11.6. The van der Waals surface area contributed by atoms with Crippen molar-refractivity contribution in [1.82, 2.24) is 0 Å². The number of ether oxygens (including phenoxy) is 1. The molecule has 0 aliphatic carbocycles. The molecule has 2 rings (SSSR count). The minimum absolute atomic E-state index is 0.162. The first-order chi connectivity index (χ1) is 9.09. The van der Waals surface area contributed by atoms with Crippen LogP contribution >= 0.6 is 0 Å². The highest BCUT2D eigenvalue weighted by atomic mass is 16.5. The van der Waals surface area contributed by atoms with Crippen molar-refractivity contribution in [3.63, 3.8) is 0 Å². The SMILES string of the molecule is CC(C)C(C)c1ccccc1Oc1ccccc1O. The summed E-state index contributed by atoms with van der Waals surface area (Å²) < 4.78 is 5.86. The van der Waals surface area contributed by atoms with Crippen LogP contribution in [-0.2, 0) is 0 Å². The monoisotopic (exact) mass is 256 g/mol. The van der Waals surface area contributed by atoms with Crippen LogP contribution in [0.15, 0.2) is 48.5 Å². The van der Waals surface area contributed by atoms with E-state index in [0.717, 1.165) is 5.75 Å². The zero-order chi connectivity index (χ0) is 13.8. The van der Waals surface area contributed by atoms with Crippen LogP contribution in [0.3, 0.4) is 0 Å². The van der Waals surface area contributed by atoms with Gasteiger partial charge in [-0.25, -0.2) is 0 Å². The molecule has 2 aromatic rings. The fourth-order valence-corrected chi connectivity index (χ4v) is 1.97. The van der Waals surface area contributed by atoms with Crippen molar-refractivity contribution >= 4 is 0 Å². The Morgan fingerprint density at radius 3 is 2.05 bits per heavy atom. The van der Waals surface area contributed by atoms with E-state index >= 15 is 0 Å². The zero-order valence-corrected chi connectivity index (χ0v) is 11.6. The Hall–Kier alpha value is -1.96. The predicted octanol–water partition coefficient (Wildman–Crippen LogP) is 4.94. The number of benzene rings is 2. The smallest absolute Gasteiger partial charge is 0.169 e. The number of aromatic hydroxyl groups is 1. The van der Waals surface area contributed by atoms with Crippen molar-refractivity contribution in [3.8, 4) is 17.2 Å². The maximum Gasteiger partial charge on any atom is 0.169 e. The number of hydrogen-bond acceptors (Lipinski definition) is 2. The highest BCUT2D eigenvalue weighted by Crippen LogP contribution is 2.36. The Balaban J connectivity index is 2.33. The molecule has 100 valence electrons. The molecule has 2 aromatic carbocycles. The lowest BCUT2D eigenvalue weighted by Crippen LogP contribution is -2.03. The molecule has 0 heterocycles. The summed E-state index contributed by atoms with van der Waals surface area (Å²) in [6.07, 6.45) is 0. The topological polar surface area (TPSA) is 29.5 Å². The molecule has 0 aliphatic rings. The van der Waals surface area contributed by atoms with Crippen molar-refractivity contribution < 1.29 is 9.84 Å². The van der Waals surface area contributed by atoms with Gasteiger partial charge in [-0.1, -0.05) is 51.1 Å². The maximum atomic E-state index is 9.79. The molecule has 0 spiro atoms. The highest BCUT2D eigenvalue weighted by Gasteiger charge is 2.15. The fraction of sp³-hybridized carbons (Fsp3) is 0.294. The van der Waals surface area contributed by atoms with Gasteiger partial charge in [0.15, 0.2) is 11.5 Å². The Morgan fingerprint density at radius 1 is 0.842 bits per heavy atom. The molecule has 0 amide bonds. The fourth-order valence-electron chi connectivity index (χ4n) is 1.97. The average Bonchev–Trinajstić information content (AvgIpc) is 2.41. The van der Waals surface area contributed by atoms with Gasteiger partial charge in [-0.05, 0) is 35.6 Å². The second-order valence-corrected chi connectivity index (χ2v) is 5.14. The van der Waals surface area contributed by atoms with Gasteiger partial charge in [-0.15, -0.1) is 0 Å². The maximum absolute atomic E-state index is 9.79. The van der Waals surface area contributed by atoms with E-state index in [-0.39, 0.29) is 5.75 Å². The minimum atomic E-state index is 0.162. The van der Waals surface area contributed by atoms with Gasteiger partial charge < -0.3 is 9.84 Å². The third-order valence-corrected chi connectivity index (χ3v) is 3.49. The third-order valence-electron chi connectivity index (χ3n) is 3.49. The summed E-state index contributed by atoms with van der Waals surface area (Å²) in [5.41, 5.74) is 1.17. The molecule has 0 saturated heterocycles. The van der Waals surface area contributed by atoms with E-state index in [1.54, 1.807) is 18.2 Å². The first-order valence-corrected chi connectivity index (χ1v) is 6.64. The minimum Gasteiger partial charge on any atom is -0.504 e. The van der Waals surface area contributed by atoms with Gasteiger partial charge >= 0.3 is 0 Å². The summed E-state index contributed by atoms with van der Waals surface area (Å²) in [4.78, 5) is 0. The Kier molecular flexibility index (Phi) is 4.10. The van der Waals surface area contributed by atoms with Crippen LogP contribution in [0.25, 0.3) is 0 Å². The molecule has 2 nitrogen and oxygen atoms in total. The highest BCUT2D eigenvalue weighted by molar-refractivity contribution is 5.44. The summed E-state index contributed by atoms with van der Waals surface area (Å²) in [5, 5.41) is 9.79. The number of phenolic OH excluding ortho intramolecular Hbond substituents is 1. The molecule has 1 unspecified atom stereocenters. The number of rotatable bonds is 4. The van der Waals surface area contributed by atoms with Crippen LogP contribution in [0, 0.1) is 5.92 Å². The second-order valence-electron chi connectivity index (χ2n) is 5.14. The van der Waals surface area contributed by atoms with Crippen LogP contribution in [0.5, 0.6) is 17.2 Å². The summed E-state index contributed by atoms with van der Waals surface area (Å²) in [6.45, 7) is 6.58. The molecule has 0 aromatic heterocycles. The largest absolute Gasteiger partial charge is 0.504 e. The average molecular weight is 256 g/mol. The number of hydrogen-bond donors (Lipinski definition) is 1. The van der Waals surface area contributed by atoms with Crippen molar-refractivity contribution in [3.05, 3.63) is 54.1 Å². The molecular weight excluding hydrogens is 236 g/mol. The van der Waals surface area contributed by atoms with E-state index in [0.29, 0.717) is 17.6 Å². The van der Waals surface area contributed by atoms with E-state index in [1.807, 2.05) is 24.3 Å². The lowest BCUT2D eigenvalue weighted by molar-refractivity contribution is 0.403. The van der Waals surface area contributed by atoms with E-state index < -0.39 is 0 Å². The van der Waals surface area contributed by atoms with E-state index in [1.165, 1.54) is 5.56 Å². The summed E-state index contributed by atoms with van der Waals surface area (Å²) in [7, 11) is 0. The lowest BCUT2D eigenvalue weighted by Gasteiger charge is -2.20. The van der Waals surface area contributed by atoms with Gasteiger partial charge in [-0.3, -0.25) is 0 Å². The van der Waals surface area contributed by atoms with E-state index in [4.69, 9.17) is 4.74 Å². The normalized spacial score (nSPS) is 12.4. The Bertz CT molecular complexity index is 546. The Labute approximate surface area is 114 Å². The molecule has 0 fully saturated rings. The number of phenols is 1. The van der Waals surface area contributed by atoms with Crippen LogP contribution in [0.2, 0.25) is 0 Å². The van der Waals surface area contributed by atoms with Crippen LogP contribution in [-0.4, -0.2) is 5.11 Å². The molecule has 2 heteroatoms. The quantitative estimate of drug-likeness (QED) is 0.839. The van der Waals surface area contributed by atoms with Gasteiger partial charge in [0, 0.05) is 0 Å². The first kappa shape index (κ1) is 13.5. The molecule has 1 atom stereocenters. The molecule has 19 heavy (non-hydrogen) atoms. The van der Waals surface area contributed by atoms with Crippen molar-refractivity contribution in [2.75, 3.05) is 0 Å². The molecule has 0 aliphatic heterocycles. The van der Waals surface area contributed by atoms with Crippen LogP contribution < -0.4 is 4.74 Å². The predicted molar refractivity (Wildman–Crippen MR) is 77.9 cm³/mol. The van der Waals surface area contributed by atoms with Gasteiger partial charge in [0.2, 0.25) is 0 Å². The summed E-state index contributed by atoms with van der Waals surface area (Å²) in [6, 6.07) is 15.0. The van der Waals surface area contributed by atoms with Gasteiger partial charge in [0.1, 0.15) is 5.75 Å². The van der Waals surface area contributed by atoms with Gasteiger partial charge in [0.05, 0.1) is 0 Å². The molecule has 0 saturated carbocycles. The Morgan fingerprint density at radius 2 is 1.42 bits per heavy atom. The van der Waals surface area contributed by atoms with Crippen LogP contribution in [0.4, 0.5) is 0 Å². The lowest BCUT2D eigenvalue weighted by atomic mass is 9.90. The summed E-state index contributed by atoms with van der Waals surface area (Å²) in [5.74, 6) is 2.40. The van der Waals surface area contributed by atoms with Crippen LogP contribution in [0.1, 0.15) is 32.3 Å². The van der Waals surface area contributed by atoms with Crippen molar-refractivity contribution in [2.45, 2.75) is 26.7 Å². The van der Waals surface area contributed by atoms with Gasteiger partial charge in [-0.2, -0.15) is 0 Å². The summed E-state index contributed by atoms with van der Waals surface area (Å²) >= 11 is 0. The second kappa shape index (κ2) is 5.79.